The number of esters is 1. The van der Waals surface area contributed by atoms with Crippen LogP contribution in [0.2, 0.25) is 4.34 Å². The lowest BCUT2D eigenvalue weighted by Gasteiger charge is -2.24. The molecule has 27 heavy (non-hydrogen) atoms. The lowest BCUT2D eigenvalue weighted by atomic mass is 10.1. The Morgan fingerprint density at radius 1 is 1.22 bits per heavy atom. The number of nitrogens with zero attached hydrogens (tertiary/aromatic N) is 2. The highest BCUT2D eigenvalue weighted by Gasteiger charge is 2.28. The van der Waals surface area contributed by atoms with Crippen molar-refractivity contribution < 1.29 is 19.1 Å². The van der Waals surface area contributed by atoms with Gasteiger partial charge in [0.2, 0.25) is 11.7 Å². The van der Waals surface area contributed by atoms with Crippen LogP contribution >= 0.6 is 22.9 Å². The Morgan fingerprint density at radius 3 is 2.70 bits per heavy atom. The molecule has 1 aromatic heterocycles. The van der Waals surface area contributed by atoms with Crippen LogP contribution in [0.15, 0.2) is 35.4 Å². The van der Waals surface area contributed by atoms with Crippen molar-refractivity contribution in [3.8, 4) is 0 Å². The number of hydrogen-bond donors (Lipinski definition) is 0. The van der Waals surface area contributed by atoms with E-state index in [1.165, 1.54) is 5.01 Å². The van der Waals surface area contributed by atoms with Crippen LogP contribution in [0.25, 0.3) is 0 Å². The standard InChI is InChI=1S/C19H17ClN2O4S/c1-11-3-4-12(2)14(9-11)22-18(24)8-5-13(21-22)19(25)26-10-15(23)16-6-7-17(20)27-16/h3-4,6-7,9H,5,8,10H2,1-2H3. The van der Waals surface area contributed by atoms with E-state index in [-0.39, 0.29) is 30.2 Å². The Balaban J connectivity index is 1.73. The minimum atomic E-state index is -0.700. The molecule has 0 radical (unpaired) electrons. The average Bonchev–Trinajstić information content (AvgIpc) is 3.08. The smallest absolute Gasteiger partial charge is 0.354 e. The fourth-order valence-corrected chi connectivity index (χ4v) is 3.55. The summed E-state index contributed by atoms with van der Waals surface area (Å²) in [5.41, 5.74) is 2.60. The summed E-state index contributed by atoms with van der Waals surface area (Å²) in [4.78, 5) is 37.0. The molecule has 0 saturated carbocycles. The maximum absolute atomic E-state index is 12.3. The number of aryl methyl sites for hydroxylation is 2. The number of carbonyl (C=O) groups excluding carboxylic acids is 3. The maximum atomic E-state index is 12.3. The number of hydrazone groups is 1. The van der Waals surface area contributed by atoms with Gasteiger partial charge in [0.15, 0.2) is 6.61 Å². The van der Waals surface area contributed by atoms with E-state index in [4.69, 9.17) is 16.3 Å². The Labute approximate surface area is 165 Å². The van der Waals surface area contributed by atoms with Gasteiger partial charge in [-0.1, -0.05) is 23.7 Å². The Hall–Kier alpha value is -2.51. The van der Waals surface area contributed by atoms with Crippen LogP contribution in [0.4, 0.5) is 5.69 Å². The van der Waals surface area contributed by atoms with Gasteiger partial charge in [-0.3, -0.25) is 9.59 Å². The molecule has 2 heterocycles. The zero-order valence-corrected chi connectivity index (χ0v) is 16.4. The van der Waals surface area contributed by atoms with Crippen molar-refractivity contribution in [2.75, 3.05) is 11.6 Å². The van der Waals surface area contributed by atoms with Gasteiger partial charge >= 0.3 is 5.97 Å². The summed E-state index contributed by atoms with van der Waals surface area (Å²) in [5, 5.41) is 5.43. The van der Waals surface area contributed by atoms with Gasteiger partial charge in [0, 0.05) is 12.8 Å². The first-order valence-corrected chi connectivity index (χ1v) is 9.48. The summed E-state index contributed by atoms with van der Waals surface area (Å²) in [6.07, 6.45) is 0.327. The number of rotatable bonds is 5. The van der Waals surface area contributed by atoms with E-state index < -0.39 is 12.6 Å². The summed E-state index contributed by atoms with van der Waals surface area (Å²) in [5.74, 6) is -1.22. The third-order valence-corrected chi connectivity index (χ3v) is 5.32. The summed E-state index contributed by atoms with van der Waals surface area (Å²) in [7, 11) is 0. The van der Waals surface area contributed by atoms with Crippen LogP contribution < -0.4 is 5.01 Å². The van der Waals surface area contributed by atoms with Crippen LogP contribution in [0.3, 0.4) is 0 Å². The quantitative estimate of drug-likeness (QED) is 0.559. The molecule has 2 aromatic rings. The molecule has 0 saturated heterocycles. The molecular weight excluding hydrogens is 388 g/mol. The van der Waals surface area contributed by atoms with Crippen LogP contribution in [0.5, 0.6) is 0 Å². The summed E-state index contributed by atoms with van der Waals surface area (Å²) < 4.78 is 5.58. The number of amides is 1. The number of carbonyl (C=O) groups is 3. The van der Waals surface area contributed by atoms with E-state index in [0.717, 1.165) is 22.5 Å². The van der Waals surface area contributed by atoms with Gasteiger partial charge in [-0.25, -0.2) is 4.79 Å². The van der Waals surface area contributed by atoms with Crippen molar-refractivity contribution in [1.82, 2.24) is 0 Å². The van der Waals surface area contributed by atoms with Crippen molar-refractivity contribution in [3.63, 3.8) is 0 Å². The van der Waals surface area contributed by atoms with Crippen LogP contribution in [0.1, 0.15) is 33.6 Å². The van der Waals surface area contributed by atoms with E-state index >= 15 is 0 Å². The largest absolute Gasteiger partial charge is 0.453 e. The molecule has 1 aromatic carbocycles. The third kappa shape index (κ3) is 4.43. The summed E-state index contributed by atoms with van der Waals surface area (Å²) >= 11 is 6.93. The van der Waals surface area contributed by atoms with Crippen LogP contribution in [0, 0.1) is 13.8 Å². The number of ether oxygens (including phenoxy) is 1. The molecule has 1 aliphatic heterocycles. The number of Topliss-reactive ketones (excluding diaryl/α,β-unsaturated/α-hetero) is 1. The van der Waals surface area contributed by atoms with Gasteiger partial charge in [0.1, 0.15) is 5.71 Å². The highest BCUT2D eigenvalue weighted by molar-refractivity contribution is 7.18. The van der Waals surface area contributed by atoms with E-state index in [9.17, 15) is 14.4 Å². The predicted molar refractivity (Wildman–Crippen MR) is 105 cm³/mol. The summed E-state index contributed by atoms with van der Waals surface area (Å²) in [6, 6.07) is 8.87. The molecule has 140 valence electrons. The van der Waals surface area contributed by atoms with E-state index in [1.54, 1.807) is 12.1 Å². The van der Waals surface area contributed by atoms with Gasteiger partial charge in [-0.15, -0.1) is 11.3 Å². The van der Waals surface area contributed by atoms with Crippen molar-refractivity contribution >= 4 is 52.0 Å². The Kier molecular flexibility index (Phi) is 5.72. The third-order valence-electron chi connectivity index (χ3n) is 4.04. The second kappa shape index (κ2) is 8.02. The molecule has 0 N–H and O–H groups in total. The van der Waals surface area contributed by atoms with Crippen LogP contribution in [-0.2, 0) is 14.3 Å². The lowest BCUT2D eigenvalue weighted by molar-refractivity contribution is -0.134. The molecular formula is C19H17ClN2O4S. The fourth-order valence-electron chi connectivity index (χ4n) is 2.59. The second-order valence-corrected chi connectivity index (χ2v) is 7.86. The highest BCUT2D eigenvalue weighted by Crippen LogP contribution is 2.26. The topological polar surface area (TPSA) is 76.0 Å². The van der Waals surface area contributed by atoms with Crippen molar-refractivity contribution in [3.05, 3.63) is 50.7 Å². The van der Waals surface area contributed by atoms with E-state index in [1.807, 2.05) is 32.0 Å². The lowest BCUT2D eigenvalue weighted by Crippen LogP contribution is -2.35. The molecule has 0 spiro atoms. The fraction of sp³-hybridized carbons (Fsp3) is 0.263. The zero-order valence-electron chi connectivity index (χ0n) is 14.8. The van der Waals surface area contributed by atoms with Gasteiger partial charge in [-0.05, 0) is 43.2 Å². The minimum absolute atomic E-state index is 0.118. The van der Waals surface area contributed by atoms with Gasteiger partial charge < -0.3 is 4.74 Å². The van der Waals surface area contributed by atoms with Gasteiger partial charge in [0.25, 0.3) is 0 Å². The molecule has 0 aliphatic carbocycles. The van der Waals surface area contributed by atoms with Gasteiger partial charge in [0.05, 0.1) is 14.9 Å². The molecule has 0 bridgehead atoms. The highest BCUT2D eigenvalue weighted by atomic mass is 35.5. The first-order chi connectivity index (χ1) is 12.8. The molecule has 3 rings (SSSR count). The number of benzene rings is 1. The van der Waals surface area contributed by atoms with E-state index in [0.29, 0.717) is 14.9 Å². The van der Waals surface area contributed by atoms with Crippen molar-refractivity contribution in [2.24, 2.45) is 5.10 Å². The first-order valence-electron chi connectivity index (χ1n) is 8.28. The number of ketones is 1. The SMILES string of the molecule is Cc1ccc(C)c(N2N=C(C(=O)OCC(=O)c3ccc(Cl)s3)CCC2=O)c1. The molecule has 0 unspecified atom stereocenters. The second-order valence-electron chi connectivity index (χ2n) is 6.15. The van der Waals surface area contributed by atoms with Crippen LogP contribution in [-0.4, -0.2) is 30.0 Å². The number of thiophene rings is 1. The normalized spacial score (nSPS) is 14.1. The molecule has 0 atom stereocenters. The van der Waals surface area contributed by atoms with Gasteiger partial charge in [-0.2, -0.15) is 10.1 Å². The molecule has 1 aliphatic rings. The molecule has 8 heteroatoms. The molecule has 1 amide bonds. The number of anilines is 1. The zero-order chi connectivity index (χ0) is 19.6. The van der Waals surface area contributed by atoms with Crippen molar-refractivity contribution in [2.45, 2.75) is 26.7 Å². The minimum Gasteiger partial charge on any atom is -0.453 e. The Morgan fingerprint density at radius 2 is 2.00 bits per heavy atom. The average molecular weight is 405 g/mol. The molecule has 0 fully saturated rings. The number of hydrogen-bond acceptors (Lipinski definition) is 6. The summed E-state index contributed by atoms with van der Waals surface area (Å²) in [6.45, 7) is 3.39. The predicted octanol–water partition coefficient (Wildman–Crippen LogP) is 3.93. The first kappa shape index (κ1) is 19.3. The Bertz CT molecular complexity index is 951. The number of halogens is 1. The van der Waals surface area contributed by atoms with E-state index in [2.05, 4.69) is 5.10 Å². The monoisotopic (exact) mass is 404 g/mol. The maximum Gasteiger partial charge on any atom is 0.354 e. The van der Waals surface area contributed by atoms with Crippen molar-refractivity contribution in [1.29, 1.82) is 0 Å². The molecule has 6 nitrogen and oxygen atoms in total.